The van der Waals surface area contributed by atoms with Crippen molar-refractivity contribution < 1.29 is 28.9 Å². The molecule has 7 nitrogen and oxygen atoms in total. The van der Waals surface area contributed by atoms with Crippen LogP contribution in [-0.2, 0) is 9.59 Å². The molecular formula is C27H33NO6. The maximum atomic E-state index is 13.3. The molecule has 1 N–H and O–H groups in total. The van der Waals surface area contributed by atoms with E-state index in [2.05, 4.69) is 6.92 Å². The third kappa shape index (κ3) is 5.19. The third-order valence-electron chi connectivity index (χ3n) is 5.75. The molecule has 0 bridgehead atoms. The summed E-state index contributed by atoms with van der Waals surface area (Å²) in [5.74, 6) is -0.161. The number of amides is 1. The summed E-state index contributed by atoms with van der Waals surface area (Å²) in [6, 6.07) is 11.5. The number of hydrogen-bond acceptors (Lipinski definition) is 6. The monoisotopic (exact) mass is 467 g/mol. The van der Waals surface area contributed by atoms with E-state index < -0.39 is 17.7 Å². The zero-order valence-electron chi connectivity index (χ0n) is 20.5. The molecule has 0 spiro atoms. The van der Waals surface area contributed by atoms with Crippen molar-refractivity contribution in [1.82, 2.24) is 4.90 Å². The summed E-state index contributed by atoms with van der Waals surface area (Å²) in [5, 5.41) is 11.4. The van der Waals surface area contributed by atoms with Crippen molar-refractivity contribution in [3.05, 3.63) is 59.2 Å². The Hall–Kier alpha value is -3.48. The van der Waals surface area contributed by atoms with Crippen LogP contribution in [0.1, 0.15) is 57.2 Å². The van der Waals surface area contributed by atoms with Gasteiger partial charge in [-0.1, -0.05) is 31.9 Å². The van der Waals surface area contributed by atoms with E-state index >= 15 is 0 Å². The van der Waals surface area contributed by atoms with Crippen LogP contribution in [0.2, 0.25) is 0 Å². The van der Waals surface area contributed by atoms with Crippen LogP contribution >= 0.6 is 0 Å². The Morgan fingerprint density at radius 1 is 1.03 bits per heavy atom. The largest absolute Gasteiger partial charge is 0.507 e. The molecule has 1 fully saturated rings. The van der Waals surface area contributed by atoms with Crippen molar-refractivity contribution in [2.24, 2.45) is 0 Å². The quantitative estimate of drug-likeness (QED) is 0.226. The van der Waals surface area contributed by atoms with Gasteiger partial charge in [-0.05, 0) is 56.2 Å². The number of Topliss-reactive ketones (excluding diaryl/α,β-unsaturated/α-hetero) is 1. The number of ether oxygens (including phenoxy) is 3. The second-order valence-corrected chi connectivity index (χ2v) is 8.50. The number of benzene rings is 2. The Balaban J connectivity index is 2.19. The maximum absolute atomic E-state index is 13.3. The molecule has 182 valence electrons. The fourth-order valence-corrected chi connectivity index (χ4v) is 4.16. The molecule has 1 unspecified atom stereocenters. The third-order valence-corrected chi connectivity index (χ3v) is 5.75. The smallest absolute Gasteiger partial charge is 0.295 e. The lowest BCUT2D eigenvalue weighted by molar-refractivity contribution is -0.139. The lowest BCUT2D eigenvalue weighted by Gasteiger charge is -2.26. The number of aliphatic hydroxyl groups excluding tert-OH is 1. The molecule has 3 rings (SSSR count). The minimum Gasteiger partial charge on any atom is -0.507 e. The first-order valence-electron chi connectivity index (χ1n) is 11.6. The van der Waals surface area contributed by atoms with Gasteiger partial charge >= 0.3 is 0 Å². The number of carbonyl (C=O) groups is 2. The number of rotatable bonds is 10. The zero-order chi connectivity index (χ0) is 24.8. The molecule has 2 aromatic carbocycles. The Kier molecular flexibility index (Phi) is 8.21. The number of nitrogens with zero attached hydrogens (tertiary/aromatic N) is 1. The molecule has 1 aliphatic heterocycles. The van der Waals surface area contributed by atoms with Gasteiger partial charge in [0.15, 0.2) is 0 Å². The highest BCUT2D eigenvalue weighted by molar-refractivity contribution is 6.46. The molecule has 0 saturated carbocycles. The Morgan fingerprint density at radius 3 is 2.44 bits per heavy atom. The van der Waals surface area contributed by atoms with Crippen LogP contribution in [0, 0.1) is 0 Å². The highest BCUT2D eigenvalue weighted by Gasteiger charge is 2.46. The molecule has 2 aromatic rings. The Labute approximate surface area is 200 Å². The number of methoxy groups -OCH3 is 2. The lowest BCUT2D eigenvalue weighted by Crippen LogP contribution is -2.30. The van der Waals surface area contributed by atoms with E-state index in [1.807, 2.05) is 38.1 Å². The topological polar surface area (TPSA) is 85.3 Å². The summed E-state index contributed by atoms with van der Waals surface area (Å²) < 4.78 is 16.6. The lowest BCUT2D eigenvalue weighted by atomic mass is 9.94. The van der Waals surface area contributed by atoms with Crippen LogP contribution in [0.3, 0.4) is 0 Å². The van der Waals surface area contributed by atoms with Crippen LogP contribution in [0.4, 0.5) is 0 Å². The number of unbranched alkanes of at least 4 members (excludes halogenated alkanes) is 2. The summed E-state index contributed by atoms with van der Waals surface area (Å²) in [6.07, 6.45) is 2.63. The standard InChI is InChI=1S/C27H33NO6/c1-6-7-8-14-28-24(18-10-9-11-20(15-18)34-17(2)3)23(26(30)27(28)31)25(29)21-16-19(32-4)12-13-22(21)33-5/h9-13,15-17,24,29H,6-8,14H2,1-5H3/b25-23+. The van der Waals surface area contributed by atoms with Crippen LogP contribution in [-0.4, -0.2) is 48.6 Å². The van der Waals surface area contributed by atoms with Gasteiger partial charge in [-0.2, -0.15) is 0 Å². The molecule has 1 heterocycles. The van der Waals surface area contributed by atoms with Crippen LogP contribution < -0.4 is 14.2 Å². The second-order valence-electron chi connectivity index (χ2n) is 8.50. The first kappa shape index (κ1) is 25.1. The van der Waals surface area contributed by atoms with E-state index in [9.17, 15) is 14.7 Å². The van der Waals surface area contributed by atoms with Gasteiger partial charge in [0.2, 0.25) is 0 Å². The van der Waals surface area contributed by atoms with E-state index in [1.54, 1.807) is 23.1 Å². The highest BCUT2D eigenvalue weighted by Crippen LogP contribution is 2.42. The zero-order valence-corrected chi connectivity index (χ0v) is 20.5. The van der Waals surface area contributed by atoms with Gasteiger partial charge in [-0.25, -0.2) is 0 Å². The van der Waals surface area contributed by atoms with E-state index in [-0.39, 0.29) is 23.0 Å². The van der Waals surface area contributed by atoms with Crippen molar-refractivity contribution in [3.63, 3.8) is 0 Å². The average Bonchev–Trinajstić information content (AvgIpc) is 3.08. The predicted octanol–water partition coefficient (Wildman–Crippen LogP) is 5.10. The van der Waals surface area contributed by atoms with E-state index in [0.29, 0.717) is 29.4 Å². The van der Waals surface area contributed by atoms with Crippen molar-refractivity contribution in [2.75, 3.05) is 20.8 Å². The van der Waals surface area contributed by atoms with Gasteiger partial charge in [0, 0.05) is 6.54 Å². The normalized spacial score (nSPS) is 17.4. The minimum absolute atomic E-state index is 0.0229. The molecule has 0 aromatic heterocycles. The number of hydrogen-bond donors (Lipinski definition) is 1. The first-order valence-corrected chi connectivity index (χ1v) is 11.6. The molecule has 0 aliphatic carbocycles. The molecule has 1 amide bonds. The van der Waals surface area contributed by atoms with E-state index in [4.69, 9.17) is 14.2 Å². The number of ketones is 1. The summed E-state index contributed by atoms with van der Waals surface area (Å²) in [5.41, 5.74) is 1.00. The fraction of sp³-hybridized carbons (Fsp3) is 0.407. The average molecular weight is 468 g/mol. The fourth-order valence-electron chi connectivity index (χ4n) is 4.16. The van der Waals surface area contributed by atoms with Crippen molar-refractivity contribution in [3.8, 4) is 17.2 Å². The molecule has 1 atom stereocenters. The predicted molar refractivity (Wildman–Crippen MR) is 130 cm³/mol. The molecule has 0 radical (unpaired) electrons. The van der Waals surface area contributed by atoms with Crippen LogP contribution in [0.25, 0.3) is 5.76 Å². The van der Waals surface area contributed by atoms with E-state index in [1.165, 1.54) is 14.2 Å². The van der Waals surface area contributed by atoms with Gasteiger partial charge < -0.3 is 24.2 Å². The van der Waals surface area contributed by atoms with Crippen LogP contribution in [0.5, 0.6) is 17.2 Å². The summed E-state index contributed by atoms with van der Waals surface area (Å²) in [4.78, 5) is 27.9. The summed E-state index contributed by atoms with van der Waals surface area (Å²) >= 11 is 0. The molecule has 1 aliphatic rings. The molecule has 7 heteroatoms. The van der Waals surface area contributed by atoms with Crippen LogP contribution in [0.15, 0.2) is 48.0 Å². The Bertz CT molecular complexity index is 1070. The van der Waals surface area contributed by atoms with Gasteiger partial charge in [0.1, 0.15) is 23.0 Å². The molecule has 34 heavy (non-hydrogen) atoms. The summed E-state index contributed by atoms with van der Waals surface area (Å²) in [6.45, 7) is 6.34. The SMILES string of the molecule is CCCCCN1C(=O)C(=O)/C(=C(/O)c2cc(OC)ccc2OC)C1c1cccc(OC(C)C)c1. The maximum Gasteiger partial charge on any atom is 0.295 e. The summed E-state index contributed by atoms with van der Waals surface area (Å²) in [7, 11) is 2.99. The van der Waals surface area contributed by atoms with Crippen molar-refractivity contribution >= 4 is 17.4 Å². The number of likely N-dealkylation sites (tertiary alicyclic amines) is 1. The minimum atomic E-state index is -0.747. The number of carbonyl (C=O) groups excluding carboxylic acids is 2. The highest BCUT2D eigenvalue weighted by atomic mass is 16.5. The second kappa shape index (κ2) is 11.1. The first-order chi connectivity index (χ1) is 16.3. The molecular weight excluding hydrogens is 434 g/mol. The van der Waals surface area contributed by atoms with Crippen molar-refractivity contribution in [2.45, 2.75) is 52.2 Å². The molecule has 1 saturated heterocycles. The van der Waals surface area contributed by atoms with Gasteiger partial charge in [-0.3, -0.25) is 9.59 Å². The Morgan fingerprint density at radius 2 is 1.79 bits per heavy atom. The van der Waals surface area contributed by atoms with Gasteiger partial charge in [-0.15, -0.1) is 0 Å². The van der Waals surface area contributed by atoms with Gasteiger partial charge in [0.05, 0.1) is 37.5 Å². The number of aliphatic hydroxyl groups is 1. The van der Waals surface area contributed by atoms with Gasteiger partial charge in [0.25, 0.3) is 11.7 Å². The van der Waals surface area contributed by atoms with E-state index in [0.717, 1.165) is 19.3 Å². The van der Waals surface area contributed by atoms with Crippen molar-refractivity contribution in [1.29, 1.82) is 0 Å².